The Morgan fingerprint density at radius 3 is 2.21 bits per heavy atom. The molecular formula is C32H37Cl2N3O4S2. The maximum absolute atomic E-state index is 14.1. The van der Waals surface area contributed by atoms with E-state index in [9.17, 15) is 18.0 Å². The Labute approximate surface area is 269 Å². The summed E-state index contributed by atoms with van der Waals surface area (Å²) in [6, 6.07) is 17.7. The number of rotatable bonds is 11. The van der Waals surface area contributed by atoms with Crippen molar-refractivity contribution in [2.75, 3.05) is 17.1 Å². The second-order valence-electron chi connectivity index (χ2n) is 10.8. The molecule has 0 radical (unpaired) electrons. The maximum atomic E-state index is 14.1. The Hall–Kier alpha value is -2.72. The van der Waals surface area contributed by atoms with Crippen molar-refractivity contribution >= 4 is 62.5 Å². The number of nitrogens with one attached hydrogen (secondary N) is 1. The van der Waals surface area contributed by atoms with Crippen molar-refractivity contribution in [1.82, 2.24) is 10.2 Å². The summed E-state index contributed by atoms with van der Waals surface area (Å²) in [6.45, 7) is 3.11. The molecule has 43 heavy (non-hydrogen) atoms. The molecule has 0 spiro atoms. The van der Waals surface area contributed by atoms with Crippen molar-refractivity contribution in [3.63, 3.8) is 0 Å². The summed E-state index contributed by atoms with van der Waals surface area (Å²) < 4.78 is 29.1. The summed E-state index contributed by atoms with van der Waals surface area (Å²) in [7, 11) is -4.14. The van der Waals surface area contributed by atoms with E-state index in [0.29, 0.717) is 21.3 Å². The van der Waals surface area contributed by atoms with Crippen LogP contribution in [0.2, 0.25) is 10.0 Å². The van der Waals surface area contributed by atoms with Crippen molar-refractivity contribution in [1.29, 1.82) is 0 Å². The van der Waals surface area contributed by atoms with Crippen LogP contribution in [0.4, 0.5) is 5.69 Å². The van der Waals surface area contributed by atoms with Gasteiger partial charge in [-0.1, -0.05) is 66.2 Å². The molecule has 230 valence electrons. The predicted octanol–water partition coefficient (Wildman–Crippen LogP) is 7.09. The fourth-order valence-electron chi connectivity index (χ4n) is 5.10. The van der Waals surface area contributed by atoms with E-state index < -0.39 is 28.5 Å². The molecule has 0 bridgehead atoms. The largest absolute Gasteiger partial charge is 0.352 e. The topological polar surface area (TPSA) is 86.8 Å². The number of thioether (sulfide) groups is 1. The van der Waals surface area contributed by atoms with E-state index in [2.05, 4.69) is 5.32 Å². The van der Waals surface area contributed by atoms with Gasteiger partial charge in [0, 0.05) is 17.5 Å². The van der Waals surface area contributed by atoms with Crippen LogP contribution in [0, 0.1) is 6.92 Å². The monoisotopic (exact) mass is 661 g/mol. The molecular weight excluding hydrogens is 625 g/mol. The van der Waals surface area contributed by atoms with Crippen LogP contribution in [0.15, 0.2) is 76.5 Å². The van der Waals surface area contributed by atoms with Crippen molar-refractivity contribution < 1.29 is 18.0 Å². The molecule has 2 amide bonds. The van der Waals surface area contributed by atoms with Gasteiger partial charge >= 0.3 is 0 Å². The van der Waals surface area contributed by atoms with Gasteiger partial charge in [-0.15, -0.1) is 11.8 Å². The molecule has 0 saturated heterocycles. The summed E-state index contributed by atoms with van der Waals surface area (Å²) >= 11 is 13.9. The maximum Gasteiger partial charge on any atom is 0.264 e. The fourth-order valence-corrected chi connectivity index (χ4v) is 7.24. The van der Waals surface area contributed by atoms with Crippen LogP contribution in [-0.4, -0.2) is 50.0 Å². The molecule has 0 heterocycles. The number of nitrogens with zero attached hydrogens (tertiary/aromatic N) is 2. The van der Waals surface area contributed by atoms with Crippen molar-refractivity contribution in [3.05, 3.63) is 87.9 Å². The number of aryl methyl sites for hydroxylation is 1. The summed E-state index contributed by atoms with van der Waals surface area (Å²) in [5.41, 5.74) is 1.96. The molecule has 3 aromatic rings. The molecule has 1 saturated carbocycles. The van der Waals surface area contributed by atoms with Crippen LogP contribution in [0.25, 0.3) is 0 Å². The molecule has 1 fully saturated rings. The van der Waals surface area contributed by atoms with Crippen molar-refractivity contribution in [2.45, 2.75) is 74.4 Å². The van der Waals surface area contributed by atoms with Gasteiger partial charge in [0.15, 0.2) is 0 Å². The molecule has 0 aromatic heterocycles. The highest BCUT2D eigenvalue weighted by Gasteiger charge is 2.33. The molecule has 1 atom stereocenters. The van der Waals surface area contributed by atoms with Crippen molar-refractivity contribution in [2.24, 2.45) is 0 Å². The molecule has 4 rings (SSSR count). The number of hydrogen-bond acceptors (Lipinski definition) is 5. The standard InChI is InChI=1S/C32H37Cl2N3O4S2/c1-22-9-12-26(13-10-22)37(43(40,41)28-16-14-27(42-3)15-17-28)21-31(38)36(20-24-11-18-29(33)30(34)19-24)23(2)32(39)35-25-7-5-4-6-8-25/h9-19,23,25H,4-8,20-21H2,1-3H3,(H,35,39)/t23-/m1/s1. The number of benzene rings is 3. The minimum absolute atomic E-state index is 0.0409. The number of amides is 2. The minimum Gasteiger partial charge on any atom is -0.352 e. The van der Waals surface area contributed by atoms with E-state index in [-0.39, 0.29) is 23.4 Å². The second kappa shape index (κ2) is 14.8. The lowest BCUT2D eigenvalue weighted by atomic mass is 9.95. The highest BCUT2D eigenvalue weighted by Crippen LogP contribution is 2.28. The van der Waals surface area contributed by atoms with Gasteiger partial charge < -0.3 is 10.2 Å². The number of carbonyl (C=O) groups is 2. The first-order valence-electron chi connectivity index (χ1n) is 14.3. The zero-order valence-electron chi connectivity index (χ0n) is 24.6. The molecule has 7 nitrogen and oxygen atoms in total. The highest BCUT2D eigenvalue weighted by atomic mass is 35.5. The summed E-state index contributed by atoms with van der Waals surface area (Å²) in [6.07, 6.45) is 6.95. The van der Waals surface area contributed by atoms with Crippen LogP contribution >= 0.6 is 35.0 Å². The average Bonchev–Trinajstić information content (AvgIpc) is 3.01. The number of hydrogen-bond donors (Lipinski definition) is 1. The van der Waals surface area contributed by atoms with Crippen LogP contribution in [0.1, 0.15) is 50.2 Å². The van der Waals surface area contributed by atoms with Gasteiger partial charge in [0.2, 0.25) is 11.8 Å². The third-order valence-corrected chi connectivity index (χ3v) is 11.0. The van der Waals surface area contributed by atoms with Gasteiger partial charge in [0.25, 0.3) is 10.0 Å². The van der Waals surface area contributed by atoms with E-state index in [0.717, 1.165) is 46.9 Å². The Kier molecular flexibility index (Phi) is 11.5. The normalized spacial score (nSPS) is 14.6. The summed E-state index contributed by atoms with van der Waals surface area (Å²) in [5.74, 6) is -0.806. The minimum atomic E-state index is -4.14. The lowest BCUT2D eigenvalue weighted by Crippen LogP contribution is -2.53. The van der Waals surface area contributed by atoms with Gasteiger partial charge in [0.05, 0.1) is 20.6 Å². The van der Waals surface area contributed by atoms with E-state index in [1.54, 1.807) is 73.7 Å². The van der Waals surface area contributed by atoms with Gasteiger partial charge in [-0.05, 0) is 87.0 Å². The van der Waals surface area contributed by atoms with Crippen LogP contribution in [-0.2, 0) is 26.2 Å². The zero-order valence-corrected chi connectivity index (χ0v) is 27.7. The third-order valence-electron chi connectivity index (χ3n) is 7.70. The summed E-state index contributed by atoms with van der Waals surface area (Å²) in [5, 5.41) is 3.80. The first-order valence-corrected chi connectivity index (χ1v) is 17.7. The molecule has 3 aromatic carbocycles. The Morgan fingerprint density at radius 1 is 0.953 bits per heavy atom. The molecule has 0 aliphatic heterocycles. The van der Waals surface area contributed by atoms with E-state index in [1.807, 2.05) is 13.2 Å². The molecule has 11 heteroatoms. The van der Waals surface area contributed by atoms with Crippen molar-refractivity contribution in [3.8, 4) is 0 Å². The number of sulfonamides is 1. The average molecular weight is 663 g/mol. The fraction of sp³-hybridized carbons (Fsp3) is 0.375. The Bertz CT molecular complexity index is 1530. The molecule has 1 N–H and O–H groups in total. The van der Waals surface area contributed by atoms with E-state index >= 15 is 0 Å². The first-order chi connectivity index (χ1) is 20.5. The Balaban J connectivity index is 1.68. The first kappa shape index (κ1) is 33.2. The van der Waals surface area contributed by atoms with E-state index in [4.69, 9.17) is 23.2 Å². The number of halogens is 2. The lowest BCUT2D eigenvalue weighted by Gasteiger charge is -2.33. The molecule has 1 aliphatic carbocycles. The van der Waals surface area contributed by atoms with Gasteiger partial charge in [-0.3, -0.25) is 13.9 Å². The number of carbonyl (C=O) groups excluding carboxylic acids is 2. The smallest absolute Gasteiger partial charge is 0.264 e. The summed E-state index contributed by atoms with van der Waals surface area (Å²) in [4.78, 5) is 30.0. The third kappa shape index (κ3) is 8.47. The second-order valence-corrected chi connectivity index (χ2v) is 14.4. The van der Waals surface area contributed by atoms with Crippen LogP contribution < -0.4 is 9.62 Å². The van der Waals surface area contributed by atoms with Crippen LogP contribution in [0.3, 0.4) is 0 Å². The molecule has 1 aliphatic rings. The van der Waals surface area contributed by atoms with Gasteiger partial charge in [-0.25, -0.2) is 8.42 Å². The predicted molar refractivity (Wildman–Crippen MR) is 175 cm³/mol. The van der Waals surface area contributed by atoms with Crippen LogP contribution in [0.5, 0.6) is 0 Å². The highest BCUT2D eigenvalue weighted by molar-refractivity contribution is 7.98. The quantitative estimate of drug-likeness (QED) is 0.222. The zero-order chi connectivity index (χ0) is 31.1. The SMILES string of the molecule is CSc1ccc(S(=O)(=O)N(CC(=O)N(Cc2ccc(Cl)c(Cl)c2)[C@H](C)C(=O)NC2CCCCC2)c2ccc(C)cc2)cc1. The van der Waals surface area contributed by atoms with Gasteiger partial charge in [0.1, 0.15) is 12.6 Å². The molecule has 0 unspecified atom stereocenters. The Morgan fingerprint density at radius 2 is 1.60 bits per heavy atom. The lowest BCUT2D eigenvalue weighted by molar-refractivity contribution is -0.139. The number of anilines is 1. The van der Waals surface area contributed by atoms with Gasteiger partial charge in [-0.2, -0.15) is 0 Å². The van der Waals surface area contributed by atoms with E-state index in [1.165, 1.54) is 16.7 Å².